The molecule has 0 aromatic heterocycles. The molecule has 4 aliphatic carbocycles. The Labute approximate surface area is 166 Å². The molecule has 0 heterocycles. The fourth-order valence-corrected chi connectivity index (χ4v) is 6.04. The molecule has 4 bridgehead atoms. The Kier molecular flexibility index (Phi) is 5.26. The lowest BCUT2D eigenvalue weighted by Gasteiger charge is -2.55. The second-order valence-corrected chi connectivity index (χ2v) is 9.24. The molecule has 0 spiro atoms. The van der Waals surface area contributed by atoms with E-state index in [4.69, 9.17) is 0 Å². The van der Waals surface area contributed by atoms with Gasteiger partial charge in [-0.3, -0.25) is 14.4 Å². The zero-order chi connectivity index (χ0) is 19.7. The van der Waals surface area contributed by atoms with Crippen LogP contribution in [0, 0.1) is 23.2 Å². The Morgan fingerprint density at radius 3 is 2.07 bits per heavy atom. The minimum atomic E-state index is -0.116. The summed E-state index contributed by atoms with van der Waals surface area (Å²) in [6.07, 6.45) is 8.22. The molecule has 2 amide bonds. The molecule has 1 aromatic rings. The van der Waals surface area contributed by atoms with Gasteiger partial charge in [0.1, 0.15) is 0 Å². The van der Waals surface area contributed by atoms with Crippen LogP contribution in [0.1, 0.15) is 68.6 Å². The molecule has 5 nitrogen and oxygen atoms in total. The first-order valence-corrected chi connectivity index (χ1v) is 10.6. The highest BCUT2D eigenvalue weighted by atomic mass is 16.2. The van der Waals surface area contributed by atoms with Gasteiger partial charge in [0, 0.05) is 29.6 Å². The average molecular weight is 383 g/mol. The number of carbonyl (C=O) groups is 3. The van der Waals surface area contributed by atoms with Gasteiger partial charge in [-0.2, -0.15) is 0 Å². The highest BCUT2D eigenvalue weighted by molar-refractivity contribution is 5.95. The minimum Gasteiger partial charge on any atom is -0.356 e. The number of benzene rings is 1. The van der Waals surface area contributed by atoms with Crippen molar-refractivity contribution in [3.05, 3.63) is 29.8 Å². The van der Waals surface area contributed by atoms with Crippen molar-refractivity contribution in [3.63, 3.8) is 0 Å². The van der Waals surface area contributed by atoms with E-state index in [1.807, 2.05) is 0 Å². The number of anilines is 1. The van der Waals surface area contributed by atoms with Gasteiger partial charge < -0.3 is 10.6 Å². The number of ketones is 1. The van der Waals surface area contributed by atoms with E-state index >= 15 is 0 Å². The van der Waals surface area contributed by atoms with E-state index in [9.17, 15) is 14.4 Å². The van der Waals surface area contributed by atoms with E-state index in [1.54, 1.807) is 24.3 Å². The molecule has 0 radical (unpaired) electrons. The Bertz CT molecular complexity index is 733. The molecule has 2 N–H and O–H groups in total. The van der Waals surface area contributed by atoms with Gasteiger partial charge in [-0.25, -0.2) is 0 Å². The van der Waals surface area contributed by atoms with Gasteiger partial charge in [-0.1, -0.05) is 0 Å². The number of amides is 2. The number of Topliss-reactive ketones (excluding diaryl/α,β-unsaturated/α-hetero) is 1. The summed E-state index contributed by atoms with van der Waals surface area (Å²) < 4.78 is 0. The van der Waals surface area contributed by atoms with Gasteiger partial charge in [0.05, 0.1) is 0 Å². The van der Waals surface area contributed by atoms with Gasteiger partial charge in [-0.05, 0) is 93.9 Å². The van der Waals surface area contributed by atoms with E-state index in [2.05, 4.69) is 10.6 Å². The van der Waals surface area contributed by atoms with Gasteiger partial charge in [-0.15, -0.1) is 0 Å². The van der Waals surface area contributed by atoms with E-state index in [-0.39, 0.29) is 23.0 Å². The SMILES string of the molecule is CC(=O)c1ccc(NC(=O)CCCNC(=O)C23CC4CC(CC(C4)C2)C3)cc1. The minimum absolute atomic E-state index is 0.00708. The Balaban J connectivity index is 1.20. The van der Waals surface area contributed by atoms with Crippen molar-refractivity contribution in [2.75, 3.05) is 11.9 Å². The van der Waals surface area contributed by atoms with E-state index in [1.165, 1.54) is 26.2 Å². The molecule has 0 unspecified atom stereocenters. The zero-order valence-electron chi connectivity index (χ0n) is 16.6. The van der Waals surface area contributed by atoms with Crippen molar-refractivity contribution in [1.82, 2.24) is 5.32 Å². The van der Waals surface area contributed by atoms with Gasteiger partial charge in [0.25, 0.3) is 0 Å². The summed E-state index contributed by atoms with van der Waals surface area (Å²) in [5.41, 5.74) is 1.20. The van der Waals surface area contributed by atoms with Crippen LogP contribution in [0.2, 0.25) is 0 Å². The summed E-state index contributed by atoms with van der Waals surface area (Å²) in [7, 11) is 0. The number of nitrogens with one attached hydrogen (secondary N) is 2. The lowest BCUT2D eigenvalue weighted by atomic mass is 9.49. The third kappa shape index (κ3) is 3.98. The van der Waals surface area contributed by atoms with Crippen LogP contribution in [-0.4, -0.2) is 24.1 Å². The fourth-order valence-electron chi connectivity index (χ4n) is 6.04. The largest absolute Gasteiger partial charge is 0.356 e. The highest BCUT2D eigenvalue weighted by Crippen LogP contribution is 2.60. The zero-order valence-corrected chi connectivity index (χ0v) is 16.6. The van der Waals surface area contributed by atoms with Crippen molar-refractivity contribution in [2.24, 2.45) is 23.2 Å². The number of hydrogen-bond acceptors (Lipinski definition) is 3. The summed E-state index contributed by atoms with van der Waals surface area (Å²) in [5.74, 6) is 2.45. The van der Waals surface area contributed by atoms with Crippen molar-refractivity contribution in [3.8, 4) is 0 Å². The summed E-state index contributed by atoms with van der Waals surface area (Å²) in [6, 6.07) is 6.90. The smallest absolute Gasteiger partial charge is 0.226 e. The van der Waals surface area contributed by atoms with Crippen LogP contribution in [0.25, 0.3) is 0 Å². The molecule has 0 atom stereocenters. The maximum Gasteiger partial charge on any atom is 0.226 e. The standard InChI is InChI=1S/C23H30N2O3/c1-15(26)19-4-6-20(7-5-19)25-21(27)3-2-8-24-22(28)23-12-16-9-17(13-23)11-18(10-16)14-23/h4-7,16-18H,2-3,8-14H2,1H3,(H,24,28)(H,25,27). The predicted octanol–water partition coefficient (Wildman–Crippen LogP) is 3.94. The first-order valence-electron chi connectivity index (χ1n) is 10.6. The van der Waals surface area contributed by atoms with Crippen LogP contribution < -0.4 is 10.6 Å². The van der Waals surface area contributed by atoms with Crippen molar-refractivity contribution >= 4 is 23.3 Å². The van der Waals surface area contributed by atoms with Crippen molar-refractivity contribution in [1.29, 1.82) is 0 Å². The van der Waals surface area contributed by atoms with Crippen LogP contribution >= 0.6 is 0 Å². The number of carbonyl (C=O) groups excluding carboxylic acids is 3. The van der Waals surface area contributed by atoms with Crippen LogP contribution in [0.4, 0.5) is 5.69 Å². The van der Waals surface area contributed by atoms with Gasteiger partial charge in [0.15, 0.2) is 5.78 Å². The highest BCUT2D eigenvalue weighted by Gasteiger charge is 2.54. The monoisotopic (exact) mass is 382 g/mol. The van der Waals surface area contributed by atoms with E-state index in [0.29, 0.717) is 30.6 Å². The Morgan fingerprint density at radius 2 is 1.54 bits per heavy atom. The van der Waals surface area contributed by atoms with Gasteiger partial charge >= 0.3 is 0 Å². The summed E-state index contributed by atoms with van der Waals surface area (Å²) in [4.78, 5) is 36.3. The molecule has 4 aliphatic rings. The average Bonchev–Trinajstić information content (AvgIpc) is 2.64. The second-order valence-electron chi connectivity index (χ2n) is 9.24. The summed E-state index contributed by atoms with van der Waals surface area (Å²) in [5, 5.41) is 5.96. The first kappa shape index (κ1) is 19.2. The molecule has 0 saturated heterocycles. The molecular weight excluding hydrogens is 352 g/mol. The van der Waals surface area contributed by atoms with Crippen molar-refractivity contribution < 1.29 is 14.4 Å². The van der Waals surface area contributed by atoms with Crippen LogP contribution in [0.3, 0.4) is 0 Å². The van der Waals surface area contributed by atoms with Crippen LogP contribution in [-0.2, 0) is 9.59 Å². The first-order chi connectivity index (χ1) is 13.4. The van der Waals surface area contributed by atoms with Crippen LogP contribution in [0.5, 0.6) is 0 Å². The fraction of sp³-hybridized carbons (Fsp3) is 0.609. The Morgan fingerprint density at radius 1 is 0.964 bits per heavy atom. The van der Waals surface area contributed by atoms with Crippen molar-refractivity contribution in [2.45, 2.75) is 58.3 Å². The summed E-state index contributed by atoms with van der Waals surface area (Å²) >= 11 is 0. The van der Waals surface area contributed by atoms with Gasteiger partial charge in [0.2, 0.25) is 11.8 Å². The molecular formula is C23H30N2O3. The number of hydrogen-bond donors (Lipinski definition) is 2. The molecule has 5 heteroatoms. The third-order valence-corrected chi connectivity index (χ3v) is 6.96. The Hall–Kier alpha value is -2.17. The van der Waals surface area contributed by atoms with Crippen LogP contribution in [0.15, 0.2) is 24.3 Å². The lowest BCUT2D eigenvalue weighted by Crippen LogP contribution is -2.53. The maximum absolute atomic E-state index is 12.9. The summed E-state index contributed by atoms with van der Waals surface area (Å²) in [6.45, 7) is 2.07. The quantitative estimate of drug-likeness (QED) is 0.554. The third-order valence-electron chi connectivity index (χ3n) is 6.96. The predicted molar refractivity (Wildman–Crippen MR) is 108 cm³/mol. The maximum atomic E-state index is 12.9. The molecule has 150 valence electrons. The topological polar surface area (TPSA) is 75.3 Å². The molecule has 4 saturated carbocycles. The second kappa shape index (κ2) is 7.69. The normalized spacial score (nSPS) is 30.1. The molecule has 28 heavy (non-hydrogen) atoms. The lowest BCUT2D eigenvalue weighted by molar-refractivity contribution is -0.146. The van der Waals surface area contributed by atoms with E-state index in [0.717, 1.165) is 37.0 Å². The number of rotatable bonds is 7. The molecule has 1 aromatic carbocycles. The molecule has 4 fully saturated rings. The van der Waals surface area contributed by atoms with E-state index < -0.39 is 0 Å². The molecule has 0 aliphatic heterocycles. The molecule has 5 rings (SSSR count).